The average molecular weight is 528 g/mol. The minimum absolute atomic E-state index is 0.871. The first-order chi connectivity index (χ1) is 20.3. The summed E-state index contributed by atoms with van der Waals surface area (Å²) in [5, 5.41) is 11.1. The Bertz CT molecular complexity index is 2180. The molecule has 0 saturated heterocycles. The van der Waals surface area contributed by atoms with Crippen LogP contribution in [0.1, 0.15) is 12.5 Å². The Hall–Kier alpha value is -5.15. The van der Waals surface area contributed by atoms with Crippen molar-refractivity contribution in [2.45, 2.75) is 13.5 Å². The van der Waals surface area contributed by atoms with E-state index in [1.807, 2.05) is 12.3 Å². The van der Waals surface area contributed by atoms with Crippen molar-refractivity contribution in [3.8, 4) is 22.4 Å². The molecular formula is C38H29N3. The molecule has 41 heavy (non-hydrogen) atoms. The van der Waals surface area contributed by atoms with Gasteiger partial charge in [-0.25, -0.2) is 0 Å². The normalized spacial score (nSPS) is 13.2. The molecule has 3 nitrogen and oxygen atoms in total. The van der Waals surface area contributed by atoms with Gasteiger partial charge in [-0.15, -0.1) is 0 Å². The van der Waals surface area contributed by atoms with Gasteiger partial charge in [0.1, 0.15) is 0 Å². The smallest absolute Gasteiger partial charge is 0.0708 e. The first-order valence-corrected chi connectivity index (χ1v) is 14.3. The highest BCUT2D eigenvalue weighted by Gasteiger charge is 2.16. The van der Waals surface area contributed by atoms with E-state index < -0.39 is 0 Å². The predicted octanol–water partition coefficient (Wildman–Crippen LogP) is 9.35. The summed E-state index contributed by atoms with van der Waals surface area (Å²) in [4.78, 5) is 4.63. The molecule has 1 aliphatic rings. The molecule has 0 atom stereocenters. The highest BCUT2D eigenvalue weighted by atomic mass is 15.0. The molecule has 1 N–H and O–H groups in total. The number of allylic oxidation sites excluding steroid dienone is 2. The van der Waals surface area contributed by atoms with Crippen molar-refractivity contribution in [1.82, 2.24) is 14.9 Å². The summed E-state index contributed by atoms with van der Waals surface area (Å²) in [6, 6.07) is 37.7. The predicted molar refractivity (Wildman–Crippen MR) is 174 cm³/mol. The van der Waals surface area contributed by atoms with Crippen LogP contribution in [0, 0.1) is 0 Å². The second kappa shape index (κ2) is 9.50. The first kappa shape index (κ1) is 23.7. The SMILES string of the molecule is CCn1c2cc(-c3ccc(-c4ccccn4)c4ccccc34)ccc2c2ccc3cc(C4=CC=CCN4)ccc3c21. The van der Waals surface area contributed by atoms with Crippen LogP contribution in [0.5, 0.6) is 0 Å². The van der Waals surface area contributed by atoms with E-state index in [1.54, 1.807) is 0 Å². The van der Waals surface area contributed by atoms with Gasteiger partial charge in [-0.2, -0.15) is 0 Å². The van der Waals surface area contributed by atoms with Crippen LogP contribution in [0.2, 0.25) is 0 Å². The molecule has 8 rings (SSSR count). The lowest BCUT2D eigenvalue weighted by Crippen LogP contribution is -2.14. The Balaban J connectivity index is 1.32. The zero-order valence-electron chi connectivity index (χ0n) is 22.9. The van der Waals surface area contributed by atoms with Gasteiger partial charge in [0.2, 0.25) is 0 Å². The van der Waals surface area contributed by atoms with Gasteiger partial charge in [-0.1, -0.05) is 91.0 Å². The van der Waals surface area contributed by atoms with Gasteiger partial charge < -0.3 is 9.88 Å². The third-order valence-corrected chi connectivity index (χ3v) is 8.45. The summed E-state index contributed by atoms with van der Waals surface area (Å²) in [6.07, 6.45) is 8.28. The molecule has 3 heteroatoms. The fraction of sp³-hybridized carbons (Fsp3) is 0.0789. The van der Waals surface area contributed by atoms with Gasteiger partial charge in [0.25, 0.3) is 0 Å². The van der Waals surface area contributed by atoms with Crippen LogP contribution in [0.25, 0.3) is 71.4 Å². The van der Waals surface area contributed by atoms with Crippen molar-refractivity contribution in [1.29, 1.82) is 0 Å². The molecule has 0 radical (unpaired) electrons. The zero-order chi connectivity index (χ0) is 27.3. The maximum Gasteiger partial charge on any atom is 0.0708 e. The van der Waals surface area contributed by atoms with Gasteiger partial charge in [-0.3, -0.25) is 4.98 Å². The number of aryl methyl sites for hydroxylation is 1. The Morgan fingerprint density at radius 2 is 1.49 bits per heavy atom. The molecule has 3 heterocycles. The van der Waals surface area contributed by atoms with Crippen molar-refractivity contribution in [3.63, 3.8) is 0 Å². The van der Waals surface area contributed by atoms with E-state index >= 15 is 0 Å². The Morgan fingerprint density at radius 1 is 0.707 bits per heavy atom. The molecule has 0 fully saturated rings. The van der Waals surface area contributed by atoms with Crippen molar-refractivity contribution in [2.24, 2.45) is 0 Å². The van der Waals surface area contributed by atoms with Crippen LogP contribution in [-0.4, -0.2) is 16.1 Å². The van der Waals surface area contributed by atoms with Crippen molar-refractivity contribution in [3.05, 3.63) is 133 Å². The van der Waals surface area contributed by atoms with Gasteiger partial charge in [0.15, 0.2) is 0 Å². The van der Waals surface area contributed by atoms with Gasteiger partial charge in [-0.05, 0) is 70.1 Å². The van der Waals surface area contributed by atoms with Crippen molar-refractivity contribution in [2.75, 3.05) is 6.54 Å². The molecular weight excluding hydrogens is 498 g/mol. The van der Waals surface area contributed by atoms with E-state index in [0.717, 1.165) is 24.3 Å². The van der Waals surface area contributed by atoms with Gasteiger partial charge >= 0.3 is 0 Å². The molecule has 0 saturated carbocycles. The number of aromatic nitrogens is 2. The number of hydrogen-bond acceptors (Lipinski definition) is 2. The molecule has 1 aliphatic heterocycles. The van der Waals surface area contributed by atoms with Crippen LogP contribution in [0.4, 0.5) is 0 Å². The molecule has 0 spiro atoms. The molecule has 5 aromatic carbocycles. The number of nitrogens with one attached hydrogen (secondary N) is 1. The van der Waals surface area contributed by atoms with E-state index in [0.29, 0.717) is 0 Å². The molecule has 0 unspecified atom stereocenters. The maximum atomic E-state index is 4.63. The molecule has 196 valence electrons. The highest BCUT2D eigenvalue weighted by molar-refractivity contribution is 6.18. The molecule has 0 bridgehead atoms. The molecule has 2 aromatic heterocycles. The first-order valence-electron chi connectivity index (χ1n) is 14.3. The van der Waals surface area contributed by atoms with E-state index in [2.05, 4.69) is 137 Å². The monoisotopic (exact) mass is 527 g/mol. The lowest BCUT2D eigenvalue weighted by molar-refractivity contribution is 0.829. The van der Waals surface area contributed by atoms with Crippen LogP contribution < -0.4 is 5.32 Å². The van der Waals surface area contributed by atoms with Crippen molar-refractivity contribution >= 4 is 49.0 Å². The van der Waals surface area contributed by atoms with Crippen LogP contribution >= 0.6 is 0 Å². The number of hydrogen-bond donors (Lipinski definition) is 1. The topological polar surface area (TPSA) is 29.9 Å². The maximum absolute atomic E-state index is 4.63. The van der Waals surface area contributed by atoms with E-state index in [4.69, 9.17) is 0 Å². The highest BCUT2D eigenvalue weighted by Crippen LogP contribution is 2.39. The fourth-order valence-electron chi connectivity index (χ4n) is 6.54. The van der Waals surface area contributed by atoms with Crippen LogP contribution in [0.15, 0.2) is 128 Å². The minimum atomic E-state index is 0.871. The summed E-state index contributed by atoms with van der Waals surface area (Å²) < 4.78 is 2.49. The third kappa shape index (κ3) is 3.77. The van der Waals surface area contributed by atoms with Crippen molar-refractivity contribution < 1.29 is 0 Å². The standard InChI is InChI=1S/C38H29N3/c1-2-41-37-24-26(28-19-20-32(36-12-6-8-22-40-36)31-10-4-3-9-30(28)31)13-17-33(37)34-18-14-25-23-27(15-16-29(25)38(34)41)35-11-5-7-21-39-35/h3-20,22-24,39H,2,21H2,1H3. The van der Waals surface area contributed by atoms with Crippen LogP contribution in [0.3, 0.4) is 0 Å². The number of pyridine rings is 1. The van der Waals surface area contributed by atoms with Gasteiger partial charge in [0, 0.05) is 52.2 Å². The molecule has 0 aliphatic carbocycles. The third-order valence-electron chi connectivity index (χ3n) is 8.45. The van der Waals surface area contributed by atoms with E-state index in [1.165, 1.54) is 65.7 Å². The second-order valence-electron chi connectivity index (χ2n) is 10.7. The average Bonchev–Trinajstić information content (AvgIpc) is 3.38. The number of fused-ring (bicyclic) bond motifs is 6. The largest absolute Gasteiger partial charge is 0.381 e. The summed E-state index contributed by atoms with van der Waals surface area (Å²) in [6.45, 7) is 4.02. The second-order valence-corrected chi connectivity index (χ2v) is 10.7. The quantitative estimate of drug-likeness (QED) is 0.247. The molecule has 7 aromatic rings. The van der Waals surface area contributed by atoms with Crippen LogP contribution in [-0.2, 0) is 6.54 Å². The number of benzene rings is 5. The summed E-state index contributed by atoms with van der Waals surface area (Å²) in [7, 11) is 0. The lowest BCUT2D eigenvalue weighted by Gasteiger charge is -2.14. The minimum Gasteiger partial charge on any atom is -0.381 e. The summed E-state index contributed by atoms with van der Waals surface area (Å²) in [5.74, 6) is 0. The number of dihydropyridines is 1. The summed E-state index contributed by atoms with van der Waals surface area (Å²) in [5.41, 5.74) is 9.62. The number of nitrogens with zero attached hydrogens (tertiary/aromatic N) is 2. The fourth-order valence-corrected chi connectivity index (χ4v) is 6.54. The Morgan fingerprint density at radius 3 is 2.29 bits per heavy atom. The van der Waals surface area contributed by atoms with Gasteiger partial charge in [0.05, 0.1) is 11.2 Å². The lowest BCUT2D eigenvalue weighted by atomic mass is 9.93. The Labute approximate surface area is 239 Å². The van der Waals surface area contributed by atoms with E-state index in [-0.39, 0.29) is 0 Å². The van der Waals surface area contributed by atoms with E-state index in [9.17, 15) is 0 Å². The zero-order valence-corrected chi connectivity index (χ0v) is 22.9. The summed E-state index contributed by atoms with van der Waals surface area (Å²) >= 11 is 0. The molecule has 0 amide bonds. The Kier molecular flexibility index (Phi) is 5.49. The number of rotatable bonds is 4.